The average Bonchev–Trinajstić information content (AvgIpc) is 2.73. The normalized spacial score (nSPS) is 21.2. The third-order valence-electron chi connectivity index (χ3n) is 5.74. The molecule has 0 unspecified atom stereocenters. The first-order chi connectivity index (χ1) is 12.7. The summed E-state index contributed by atoms with van der Waals surface area (Å²) in [4.78, 5) is 31.4. The lowest BCUT2D eigenvalue weighted by Gasteiger charge is -2.38. The Balaban J connectivity index is 1.36. The third-order valence-corrected chi connectivity index (χ3v) is 5.74. The second kappa shape index (κ2) is 7.56. The molecule has 1 aromatic carbocycles. The summed E-state index contributed by atoms with van der Waals surface area (Å²) in [5.41, 5.74) is 0.843. The number of anilines is 1. The van der Waals surface area contributed by atoms with Crippen molar-refractivity contribution >= 4 is 17.6 Å². The Kier molecular flexibility index (Phi) is 5.00. The largest absolute Gasteiger partial charge is 0.490 e. The minimum atomic E-state index is 0.0321. The third kappa shape index (κ3) is 3.37. The Labute approximate surface area is 154 Å². The maximum Gasteiger partial charge on any atom is 0.324 e. The van der Waals surface area contributed by atoms with Crippen LogP contribution in [0.25, 0.3) is 0 Å². The van der Waals surface area contributed by atoms with E-state index in [4.69, 9.17) is 4.74 Å². The summed E-state index contributed by atoms with van der Waals surface area (Å²) in [6.07, 6.45) is 5.02. The lowest BCUT2D eigenvalue weighted by Crippen LogP contribution is -2.51. The maximum atomic E-state index is 13.0. The van der Waals surface area contributed by atoms with Crippen molar-refractivity contribution in [3.63, 3.8) is 0 Å². The van der Waals surface area contributed by atoms with Gasteiger partial charge in [0.15, 0.2) is 0 Å². The number of likely N-dealkylation sites (tertiary alicyclic amines) is 2. The Bertz CT molecular complexity index is 664. The van der Waals surface area contributed by atoms with Crippen LogP contribution in [0.3, 0.4) is 0 Å². The molecular formula is C20H27N3O3. The molecule has 140 valence electrons. The van der Waals surface area contributed by atoms with Crippen LogP contribution in [0.4, 0.5) is 10.5 Å². The molecule has 0 atom stereocenters. The van der Waals surface area contributed by atoms with E-state index >= 15 is 0 Å². The van der Waals surface area contributed by atoms with Crippen molar-refractivity contribution in [2.24, 2.45) is 5.92 Å². The van der Waals surface area contributed by atoms with E-state index in [1.807, 2.05) is 39.0 Å². The zero-order valence-corrected chi connectivity index (χ0v) is 15.2. The molecule has 0 aliphatic carbocycles. The highest BCUT2D eigenvalue weighted by Crippen LogP contribution is 2.32. The number of amides is 3. The second-order valence-corrected chi connectivity index (χ2v) is 7.40. The molecule has 3 amide bonds. The number of hydrogen-bond donors (Lipinski definition) is 0. The summed E-state index contributed by atoms with van der Waals surface area (Å²) >= 11 is 0. The number of urea groups is 1. The number of nitrogens with zero attached hydrogens (tertiary/aromatic N) is 3. The topological polar surface area (TPSA) is 53.1 Å². The van der Waals surface area contributed by atoms with E-state index in [0.717, 1.165) is 50.2 Å². The van der Waals surface area contributed by atoms with Crippen LogP contribution in [-0.4, -0.2) is 61.1 Å². The molecule has 4 rings (SSSR count). The average molecular weight is 357 g/mol. The van der Waals surface area contributed by atoms with E-state index in [1.54, 1.807) is 0 Å². The zero-order chi connectivity index (χ0) is 17.9. The fourth-order valence-corrected chi connectivity index (χ4v) is 4.23. The number of piperidine rings is 2. The van der Waals surface area contributed by atoms with Crippen molar-refractivity contribution in [2.45, 2.75) is 32.1 Å². The summed E-state index contributed by atoms with van der Waals surface area (Å²) in [7, 11) is 0. The van der Waals surface area contributed by atoms with E-state index in [0.29, 0.717) is 32.1 Å². The molecule has 0 saturated carbocycles. The van der Waals surface area contributed by atoms with Gasteiger partial charge in [0.2, 0.25) is 5.91 Å². The minimum absolute atomic E-state index is 0.0321. The molecule has 0 aromatic heterocycles. The van der Waals surface area contributed by atoms with Crippen LogP contribution in [0.2, 0.25) is 0 Å². The number of fused-ring (bicyclic) bond motifs is 1. The fraction of sp³-hybridized carbons (Fsp3) is 0.600. The van der Waals surface area contributed by atoms with Crippen LogP contribution >= 0.6 is 0 Å². The summed E-state index contributed by atoms with van der Waals surface area (Å²) < 4.78 is 5.64. The van der Waals surface area contributed by atoms with E-state index in [1.165, 1.54) is 6.42 Å². The Morgan fingerprint density at radius 1 is 0.885 bits per heavy atom. The maximum absolute atomic E-state index is 13.0. The van der Waals surface area contributed by atoms with Crippen LogP contribution in [-0.2, 0) is 4.79 Å². The van der Waals surface area contributed by atoms with Crippen molar-refractivity contribution < 1.29 is 14.3 Å². The van der Waals surface area contributed by atoms with Crippen LogP contribution < -0.4 is 9.64 Å². The quantitative estimate of drug-likeness (QED) is 0.777. The number of ether oxygens (including phenoxy) is 1. The molecule has 0 spiro atoms. The van der Waals surface area contributed by atoms with Gasteiger partial charge in [-0.15, -0.1) is 0 Å². The number of hydrogen-bond acceptors (Lipinski definition) is 3. The van der Waals surface area contributed by atoms with Crippen LogP contribution in [0.5, 0.6) is 5.75 Å². The molecule has 0 N–H and O–H groups in total. The Morgan fingerprint density at radius 2 is 1.62 bits per heavy atom. The molecule has 2 fully saturated rings. The van der Waals surface area contributed by atoms with Crippen molar-refractivity contribution in [1.82, 2.24) is 9.80 Å². The second-order valence-electron chi connectivity index (χ2n) is 7.40. The summed E-state index contributed by atoms with van der Waals surface area (Å²) in [6, 6.07) is 7.71. The molecule has 0 radical (unpaired) electrons. The number of carbonyl (C=O) groups is 2. The van der Waals surface area contributed by atoms with Gasteiger partial charge in [-0.1, -0.05) is 12.1 Å². The van der Waals surface area contributed by atoms with Crippen molar-refractivity contribution in [2.75, 3.05) is 44.2 Å². The molecule has 3 heterocycles. The van der Waals surface area contributed by atoms with Gasteiger partial charge in [-0.25, -0.2) is 4.79 Å². The molecule has 26 heavy (non-hydrogen) atoms. The van der Waals surface area contributed by atoms with Crippen LogP contribution in [0.15, 0.2) is 24.3 Å². The van der Waals surface area contributed by atoms with E-state index in [2.05, 4.69) is 0 Å². The molecule has 0 bridgehead atoms. The van der Waals surface area contributed by atoms with Gasteiger partial charge in [0.05, 0.1) is 12.2 Å². The highest BCUT2D eigenvalue weighted by atomic mass is 16.5. The minimum Gasteiger partial charge on any atom is -0.490 e. The fourth-order valence-electron chi connectivity index (χ4n) is 4.23. The van der Waals surface area contributed by atoms with Crippen molar-refractivity contribution in [1.29, 1.82) is 0 Å². The predicted molar refractivity (Wildman–Crippen MR) is 99.4 cm³/mol. The SMILES string of the molecule is O=C(C1CCN(C(=O)N2CCOc3ccccc32)CC1)N1CCCCC1. The molecule has 6 heteroatoms. The molecule has 6 nitrogen and oxygen atoms in total. The number of para-hydroxylation sites is 2. The smallest absolute Gasteiger partial charge is 0.324 e. The number of benzene rings is 1. The first-order valence-electron chi connectivity index (χ1n) is 9.81. The molecule has 1 aromatic rings. The van der Waals surface area contributed by atoms with E-state index in [-0.39, 0.29) is 11.9 Å². The molecule has 3 aliphatic rings. The highest BCUT2D eigenvalue weighted by Gasteiger charge is 2.33. The van der Waals surface area contributed by atoms with Gasteiger partial charge in [0, 0.05) is 32.1 Å². The standard InChI is InChI=1S/C20H27N3O3/c24-19(21-10-4-1-5-11-21)16-8-12-22(13-9-16)20(25)23-14-15-26-18-7-3-2-6-17(18)23/h2-3,6-7,16H,1,4-5,8-15H2. The Hall–Kier alpha value is -2.24. The van der Waals surface area contributed by atoms with Gasteiger partial charge in [-0.3, -0.25) is 9.69 Å². The summed E-state index contributed by atoms with van der Waals surface area (Å²) in [5.74, 6) is 1.14. The number of carbonyl (C=O) groups excluding carboxylic acids is 2. The highest BCUT2D eigenvalue weighted by molar-refractivity contribution is 5.94. The summed E-state index contributed by atoms with van der Waals surface area (Å²) in [6.45, 7) is 4.21. The van der Waals surface area contributed by atoms with E-state index < -0.39 is 0 Å². The lowest BCUT2D eigenvalue weighted by molar-refractivity contribution is -0.137. The van der Waals surface area contributed by atoms with Crippen molar-refractivity contribution in [3.05, 3.63) is 24.3 Å². The first kappa shape index (κ1) is 17.2. The van der Waals surface area contributed by atoms with Gasteiger partial charge in [0.25, 0.3) is 0 Å². The van der Waals surface area contributed by atoms with Gasteiger partial charge >= 0.3 is 6.03 Å². The molecule has 3 aliphatic heterocycles. The van der Waals surface area contributed by atoms with Gasteiger partial charge < -0.3 is 14.5 Å². The van der Waals surface area contributed by atoms with Crippen LogP contribution in [0.1, 0.15) is 32.1 Å². The first-order valence-corrected chi connectivity index (χ1v) is 9.81. The van der Waals surface area contributed by atoms with Gasteiger partial charge in [0.1, 0.15) is 12.4 Å². The van der Waals surface area contributed by atoms with Gasteiger partial charge in [-0.05, 0) is 44.2 Å². The number of rotatable bonds is 1. The van der Waals surface area contributed by atoms with Crippen molar-refractivity contribution in [3.8, 4) is 5.75 Å². The summed E-state index contributed by atoms with van der Waals surface area (Å²) in [5, 5.41) is 0. The van der Waals surface area contributed by atoms with Gasteiger partial charge in [-0.2, -0.15) is 0 Å². The zero-order valence-electron chi connectivity index (χ0n) is 15.2. The predicted octanol–water partition coefficient (Wildman–Crippen LogP) is 2.73. The van der Waals surface area contributed by atoms with Crippen LogP contribution in [0, 0.1) is 5.92 Å². The Morgan fingerprint density at radius 3 is 2.38 bits per heavy atom. The van der Waals surface area contributed by atoms with E-state index in [9.17, 15) is 9.59 Å². The molecular weight excluding hydrogens is 330 g/mol. The lowest BCUT2D eigenvalue weighted by atomic mass is 9.94. The monoisotopic (exact) mass is 357 g/mol. The molecule has 2 saturated heterocycles.